The smallest absolute Gasteiger partial charge is 0.260 e. The number of rotatable bonds is 7. The second kappa shape index (κ2) is 8.52. The van der Waals surface area contributed by atoms with Crippen LogP contribution in [0.15, 0.2) is 53.7 Å². The zero-order chi connectivity index (χ0) is 23.4. The van der Waals surface area contributed by atoms with Gasteiger partial charge in [-0.05, 0) is 79.6 Å². The van der Waals surface area contributed by atoms with Crippen molar-refractivity contribution in [2.45, 2.75) is 57.7 Å². The number of nitrogens with one attached hydrogen (secondary N) is 2. The van der Waals surface area contributed by atoms with Gasteiger partial charge in [0, 0.05) is 48.1 Å². The zero-order valence-corrected chi connectivity index (χ0v) is 20.2. The molecule has 0 radical (unpaired) electrons. The second-order valence-electron chi connectivity index (χ2n) is 11.0. The Labute approximate surface area is 205 Å². The van der Waals surface area contributed by atoms with Crippen molar-refractivity contribution < 1.29 is 0 Å². The number of nitrogens with zero attached hydrogens (tertiary/aromatic N) is 3. The molecule has 4 aromatic rings. The fourth-order valence-electron chi connectivity index (χ4n) is 6.50. The summed E-state index contributed by atoms with van der Waals surface area (Å²) in [6.45, 7) is 3.64. The van der Waals surface area contributed by atoms with Gasteiger partial charge in [-0.2, -0.15) is 0 Å². The molecule has 0 amide bonds. The Kier molecular flexibility index (Phi) is 5.16. The van der Waals surface area contributed by atoms with Crippen LogP contribution in [-0.2, 0) is 13.1 Å². The monoisotopic (exact) mass is 467 g/mol. The summed E-state index contributed by atoms with van der Waals surface area (Å²) < 4.78 is 1.81. The summed E-state index contributed by atoms with van der Waals surface area (Å²) in [5, 5.41) is 6.56. The van der Waals surface area contributed by atoms with Gasteiger partial charge >= 0.3 is 0 Å². The first-order valence-electron chi connectivity index (χ1n) is 13.3. The minimum atomic E-state index is 0.0358. The maximum Gasteiger partial charge on any atom is 0.260 e. The number of piperidine rings is 1. The van der Waals surface area contributed by atoms with E-state index in [9.17, 15) is 4.79 Å². The van der Waals surface area contributed by atoms with Crippen LogP contribution in [0.3, 0.4) is 0 Å². The van der Waals surface area contributed by atoms with Crippen LogP contribution < -0.4 is 15.8 Å². The van der Waals surface area contributed by atoms with E-state index in [4.69, 9.17) is 0 Å². The third-order valence-electron chi connectivity index (χ3n) is 8.67. The van der Waals surface area contributed by atoms with Gasteiger partial charge in [0.05, 0.1) is 23.8 Å². The number of H-pyrrole nitrogens is 1. The van der Waals surface area contributed by atoms with Crippen LogP contribution in [0.2, 0.25) is 0 Å². The predicted molar refractivity (Wildman–Crippen MR) is 141 cm³/mol. The predicted octanol–water partition coefficient (Wildman–Crippen LogP) is 4.80. The highest BCUT2D eigenvalue weighted by Crippen LogP contribution is 2.41. The van der Waals surface area contributed by atoms with Gasteiger partial charge in [-0.1, -0.05) is 18.6 Å². The van der Waals surface area contributed by atoms with Gasteiger partial charge in [-0.25, -0.2) is 0 Å². The number of hydrogen-bond donors (Lipinski definition) is 2. The highest BCUT2D eigenvalue weighted by molar-refractivity contribution is 5.93. The molecule has 35 heavy (non-hydrogen) atoms. The fourth-order valence-corrected chi connectivity index (χ4v) is 6.50. The second-order valence-corrected chi connectivity index (χ2v) is 11.0. The number of anilines is 1. The number of pyridine rings is 2. The molecule has 2 bridgehead atoms. The highest BCUT2D eigenvalue weighted by atomic mass is 16.1. The number of fused-ring (bicyclic) bond motifs is 4. The summed E-state index contributed by atoms with van der Waals surface area (Å²) in [5.74, 6) is 1.67. The maximum absolute atomic E-state index is 13.4. The Morgan fingerprint density at radius 3 is 2.80 bits per heavy atom. The molecule has 1 aromatic carbocycles. The van der Waals surface area contributed by atoms with Crippen LogP contribution in [0.5, 0.6) is 0 Å². The van der Waals surface area contributed by atoms with Gasteiger partial charge in [-0.15, -0.1) is 0 Å². The Morgan fingerprint density at radius 1 is 1.06 bits per heavy atom. The molecule has 2 saturated carbocycles. The third-order valence-corrected chi connectivity index (χ3v) is 8.67. The van der Waals surface area contributed by atoms with Crippen LogP contribution in [0.25, 0.3) is 21.7 Å². The normalized spacial score (nSPS) is 21.9. The summed E-state index contributed by atoms with van der Waals surface area (Å²) in [6.07, 6.45) is 13.7. The molecular weight excluding hydrogens is 434 g/mol. The Balaban J connectivity index is 1.12. The average Bonchev–Trinajstić information content (AvgIpc) is 3.57. The van der Waals surface area contributed by atoms with E-state index in [0.717, 1.165) is 53.6 Å². The Hall–Kier alpha value is -3.12. The number of benzene rings is 1. The molecule has 3 fully saturated rings. The van der Waals surface area contributed by atoms with E-state index in [1.807, 2.05) is 17.0 Å². The minimum absolute atomic E-state index is 0.0358. The molecule has 2 N–H and O–H groups in total. The van der Waals surface area contributed by atoms with E-state index >= 15 is 0 Å². The first-order valence-corrected chi connectivity index (χ1v) is 13.3. The van der Waals surface area contributed by atoms with Crippen molar-refractivity contribution in [2.75, 3.05) is 18.0 Å². The quantitative estimate of drug-likeness (QED) is 0.410. The molecule has 7 rings (SSSR count). The summed E-state index contributed by atoms with van der Waals surface area (Å²) in [6, 6.07) is 11.4. The molecular formula is C29H33N5O. The lowest BCUT2D eigenvalue weighted by Gasteiger charge is -2.29. The number of aromatic nitrogens is 3. The van der Waals surface area contributed by atoms with E-state index in [0.29, 0.717) is 18.0 Å². The molecule has 4 heterocycles. The lowest BCUT2D eigenvalue weighted by Crippen LogP contribution is -2.32. The topological polar surface area (TPSA) is 66.0 Å². The third kappa shape index (κ3) is 3.84. The molecule has 1 aliphatic heterocycles. The molecule has 2 unspecified atom stereocenters. The van der Waals surface area contributed by atoms with E-state index < -0.39 is 0 Å². The van der Waals surface area contributed by atoms with E-state index in [1.165, 1.54) is 49.6 Å². The first-order chi connectivity index (χ1) is 17.2. The maximum atomic E-state index is 13.4. The van der Waals surface area contributed by atoms with Crippen LogP contribution in [0.1, 0.15) is 49.8 Å². The summed E-state index contributed by atoms with van der Waals surface area (Å²) >= 11 is 0. The van der Waals surface area contributed by atoms with Crippen molar-refractivity contribution in [1.29, 1.82) is 0 Å². The molecule has 1 saturated heterocycles. The van der Waals surface area contributed by atoms with Gasteiger partial charge in [-0.3, -0.25) is 9.78 Å². The van der Waals surface area contributed by atoms with Crippen LogP contribution >= 0.6 is 0 Å². The van der Waals surface area contributed by atoms with Gasteiger partial charge in [0.15, 0.2) is 0 Å². The van der Waals surface area contributed by atoms with Crippen molar-refractivity contribution in [1.82, 2.24) is 19.9 Å². The van der Waals surface area contributed by atoms with Crippen molar-refractivity contribution in [3.63, 3.8) is 0 Å². The molecule has 180 valence electrons. The summed E-state index contributed by atoms with van der Waals surface area (Å²) in [5.41, 5.74) is 4.63. The minimum Gasteiger partial charge on any atom is -0.367 e. The van der Waals surface area contributed by atoms with Crippen molar-refractivity contribution in [3.05, 3.63) is 70.5 Å². The highest BCUT2D eigenvalue weighted by Gasteiger charge is 2.38. The standard InChI is InChI=1S/C29H33N5O/c35-29-26-15-31-16-28(34-18-20-5-7-24(34)10-20)25(26)8-9-33(29)17-21-4-6-22-12-23(32-27(22)11-21)14-30-13-19-2-1-3-19/h4,6,8-9,11-12,15-16,19-20,24,30,32H,1-3,5,7,10,13-14,17-18H2. The molecule has 6 heteroatoms. The summed E-state index contributed by atoms with van der Waals surface area (Å²) in [4.78, 5) is 23.9. The van der Waals surface area contributed by atoms with E-state index in [1.54, 1.807) is 6.20 Å². The van der Waals surface area contributed by atoms with Crippen LogP contribution in [0, 0.1) is 11.8 Å². The number of aromatic amines is 1. The molecule has 0 spiro atoms. The van der Waals surface area contributed by atoms with Crippen molar-refractivity contribution in [2.24, 2.45) is 11.8 Å². The van der Waals surface area contributed by atoms with Gasteiger partial charge < -0.3 is 19.8 Å². The van der Waals surface area contributed by atoms with E-state index in [2.05, 4.69) is 50.5 Å². The van der Waals surface area contributed by atoms with Gasteiger partial charge in [0.25, 0.3) is 5.56 Å². The SMILES string of the molecule is O=c1c2cncc(N3CC4CCC3C4)c2ccn1Cc1ccc2cc(CNCC3CCC3)[nH]c2c1. The van der Waals surface area contributed by atoms with Crippen molar-refractivity contribution >= 4 is 27.4 Å². The lowest BCUT2D eigenvalue weighted by molar-refractivity contribution is 0.301. The molecule has 6 nitrogen and oxygen atoms in total. The van der Waals surface area contributed by atoms with Crippen molar-refractivity contribution in [3.8, 4) is 0 Å². The van der Waals surface area contributed by atoms with E-state index in [-0.39, 0.29) is 5.56 Å². The molecule has 2 aliphatic carbocycles. The fraction of sp³-hybridized carbons (Fsp3) is 0.448. The molecule has 3 aromatic heterocycles. The molecule has 2 atom stereocenters. The summed E-state index contributed by atoms with van der Waals surface area (Å²) in [7, 11) is 0. The Morgan fingerprint density at radius 2 is 2.00 bits per heavy atom. The lowest BCUT2D eigenvalue weighted by atomic mass is 9.85. The van der Waals surface area contributed by atoms with Crippen LogP contribution in [-0.4, -0.2) is 33.7 Å². The zero-order valence-electron chi connectivity index (χ0n) is 20.2. The Bertz CT molecular complexity index is 1450. The van der Waals surface area contributed by atoms with Gasteiger partial charge in [0.2, 0.25) is 0 Å². The first kappa shape index (κ1) is 21.2. The largest absolute Gasteiger partial charge is 0.367 e. The molecule has 3 aliphatic rings. The average molecular weight is 468 g/mol. The van der Waals surface area contributed by atoms with Crippen LogP contribution in [0.4, 0.5) is 5.69 Å². The van der Waals surface area contributed by atoms with Gasteiger partial charge in [0.1, 0.15) is 0 Å². The number of hydrogen-bond acceptors (Lipinski definition) is 4.